The van der Waals surface area contributed by atoms with Gasteiger partial charge in [-0.25, -0.2) is 0 Å². The number of anilines is 2. The van der Waals surface area contributed by atoms with Crippen molar-refractivity contribution in [3.63, 3.8) is 0 Å². The molecule has 0 aliphatic carbocycles. The zero-order valence-electron chi connectivity index (χ0n) is 16.6. The second-order valence-corrected chi connectivity index (χ2v) is 7.25. The number of hydrogen-bond acceptors (Lipinski definition) is 5. The van der Waals surface area contributed by atoms with Crippen LogP contribution in [0, 0.1) is 20.8 Å². The van der Waals surface area contributed by atoms with Crippen LogP contribution in [0.5, 0.6) is 0 Å². The Morgan fingerprint density at radius 3 is 2.38 bits per heavy atom. The minimum Gasteiger partial charge on any atom is -0.325 e. The molecule has 3 rings (SSSR count). The Hall–Kier alpha value is -3.26. The van der Waals surface area contributed by atoms with Crippen molar-refractivity contribution in [2.45, 2.75) is 34.2 Å². The Labute approximate surface area is 173 Å². The lowest BCUT2D eigenvalue weighted by atomic mass is 10.1. The Morgan fingerprint density at radius 1 is 1.07 bits per heavy atom. The van der Waals surface area contributed by atoms with Gasteiger partial charge in [0.25, 0.3) is 0 Å². The number of tetrazole rings is 1. The molecule has 2 N–H and O–H groups in total. The van der Waals surface area contributed by atoms with E-state index in [1.807, 2.05) is 32.9 Å². The van der Waals surface area contributed by atoms with E-state index in [1.165, 1.54) is 11.7 Å². The van der Waals surface area contributed by atoms with Crippen LogP contribution in [-0.4, -0.2) is 32.0 Å². The van der Waals surface area contributed by atoms with Crippen LogP contribution in [-0.2, 0) is 16.1 Å². The molecule has 0 atom stereocenters. The third-order valence-electron chi connectivity index (χ3n) is 4.22. The van der Waals surface area contributed by atoms with Crippen molar-refractivity contribution in [3.05, 3.63) is 52.0 Å². The fourth-order valence-corrected chi connectivity index (χ4v) is 3.28. The fraction of sp³-hybridized carbons (Fsp3) is 0.250. The van der Waals surface area contributed by atoms with Gasteiger partial charge in [-0.15, -0.1) is 10.2 Å². The molecule has 0 saturated heterocycles. The molecular weight excluding hydrogens is 392 g/mol. The van der Waals surface area contributed by atoms with Crippen LogP contribution < -0.4 is 10.6 Å². The number of nitrogens with one attached hydrogen (secondary N) is 2. The lowest BCUT2D eigenvalue weighted by Gasteiger charge is -2.12. The number of aromatic nitrogens is 4. The first kappa shape index (κ1) is 20.5. The van der Waals surface area contributed by atoms with E-state index in [-0.39, 0.29) is 18.4 Å². The smallest absolute Gasteiger partial charge is 0.248 e. The maximum Gasteiger partial charge on any atom is 0.248 e. The number of amides is 2. The topological polar surface area (TPSA) is 102 Å². The van der Waals surface area contributed by atoms with E-state index in [0.717, 1.165) is 22.4 Å². The van der Waals surface area contributed by atoms with Gasteiger partial charge in [-0.05, 0) is 55.3 Å². The van der Waals surface area contributed by atoms with Gasteiger partial charge < -0.3 is 10.6 Å². The van der Waals surface area contributed by atoms with Gasteiger partial charge >= 0.3 is 0 Å². The van der Waals surface area contributed by atoms with Crippen LogP contribution in [0.3, 0.4) is 0 Å². The number of hydrogen-bond donors (Lipinski definition) is 2. The van der Waals surface area contributed by atoms with Crippen molar-refractivity contribution < 1.29 is 9.59 Å². The maximum atomic E-state index is 12.4. The summed E-state index contributed by atoms with van der Waals surface area (Å²) in [6.45, 7) is 7.26. The molecule has 1 aromatic heterocycles. The van der Waals surface area contributed by atoms with Gasteiger partial charge in [0.05, 0.1) is 10.7 Å². The minimum atomic E-state index is -0.247. The molecule has 0 unspecified atom stereocenters. The zero-order chi connectivity index (χ0) is 21.1. The minimum absolute atomic E-state index is 0.0720. The predicted molar refractivity (Wildman–Crippen MR) is 112 cm³/mol. The van der Waals surface area contributed by atoms with Gasteiger partial charge in [-0.3, -0.25) is 9.59 Å². The molecule has 2 aromatic carbocycles. The molecule has 0 aliphatic rings. The van der Waals surface area contributed by atoms with Crippen molar-refractivity contribution in [2.24, 2.45) is 0 Å². The maximum absolute atomic E-state index is 12.4. The number of carbonyl (C=O) groups is 2. The van der Waals surface area contributed by atoms with Crippen LogP contribution in [0.15, 0.2) is 30.3 Å². The molecule has 3 aromatic rings. The SMILES string of the molecule is CC(=O)Nc1ccc(-c2nnn(CC(=O)Nc3c(C)cc(C)cc3C)n2)cc1Cl. The molecule has 150 valence electrons. The predicted octanol–water partition coefficient (Wildman–Crippen LogP) is 3.52. The van der Waals surface area contributed by atoms with Gasteiger partial charge in [-0.2, -0.15) is 4.80 Å². The van der Waals surface area contributed by atoms with E-state index in [1.54, 1.807) is 18.2 Å². The highest BCUT2D eigenvalue weighted by Crippen LogP contribution is 2.27. The van der Waals surface area contributed by atoms with E-state index in [9.17, 15) is 9.59 Å². The summed E-state index contributed by atoms with van der Waals surface area (Å²) in [5.41, 5.74) is 5.05. The molecule has 2 amide bonds. The van der Waals surface area contributed by atoms with E-state index in [4.69, 9.17) is 11.6 Å². The Kier molecular flexibility index (Phi) is 5.93. The summed E-state index contributed by atoms with van der Waals surface area (Å²) in [5, 5.41) is 18.1. The Balaban J connectivity index is 1.71. The summed E-state index contributed by atoms with van der Waals surface area (Å²) in [4.78, 5) is 24.8. The Bertz CT molecular complexity index is 1070. The average molecular weight is 413 g/mol. The van der Waals surface area contributed by atoms with Crippen molar-refractivity contribution in [2.75, 3.05) is 10.6 Å². The quantitative estimate of drug-likeness (QED) is 0.667. The summed E-state index contributed by atoms with van der Waals surface area (Å²) >= 11 is 6.18. The summed E-state index contributed by atoms with van der Waals surface area (Å²) in [6.07, 6.45) is 0. The number of nitrogens with zero attached hydrogens (tertiary/aromatic N) is 4. The summed E-state index contributed by atoms with van der Waals surface area (Å²) in [6, 6.07) is 9.05. The average Bonchev–Trinajstić information content (AvgIpc) is 3.08. The molecule has 0 spiro atoms. The number of halogens is 1. The number of carbonyl (C=O) groups excluding carboxylic acids is 2. The molecule has 0 radical (unpaired) electrons. The van der Waals surface area contributed by atoms with Gasteiger partial charge in [-0.1, -0.05) is 29.3 Å². The van der Waals surface area contributed by atoms with Crippen LogP contribution in [0.4, 0.5) is 11.4 Å². The molecule has 9 heteroatoms. The number of aryl methyl sites for hydroxylation is 3. The lowest BCUT2D eigenvalue weighted by molar-refractivity contribution is -0.117. The monoisotopic (exact) mass is 412 g/mol. The highest BCUT2D eigenvalue weighted by Gasteiger charge is 2.13. The van der Waals surface area contributed by atoms with Crippen molar-refractivity contribution in [1.29, 1.82) is 0 Å². The number of rotatable bonds is 5. The second kappa shape index (κ2) is 8.40. The molecule has 8 nitrogen and oxygen atoms in total. The van der Waals surface area contributed by atoms with E-state index in [0.29, 0.717) is 22.1 Å². The first-order valence-electron chi connectivity index (χ1n) is 8.96. The molecule has 0 aliphatic heterocycles. The van der Waals surface area contributed by atoms with E-state index < -0.39 is 0 Å². The number of benzene rings is 2. The van der Waals surface area contributed by atoms with E-state index in [2.05, 4.69) is 26.0 Å². The first-order chi connectivity index (χ1) is 13.7. The summed E-state index contributed by atoms with van der Waals surface area (Å²) < 4.78 is 0. The fourth-order valence-electron chi connectivity index (χ4n) is 3.06. The van der Waals surface area contributed by atoms with Gasteiger partial charge in [0.15, 0.2) is 0 Å². The Morgan fingerprint density at radius 2 is 1.76 bits per heavy atom. The van der Waals surface area contributed by atoms with Crippen LogP contribution in [0.1, 0.15) is 23.6 Å². The highest BCUT2D eigenvalue weighted by molar-refractivity contribution is 6.34. The summed E-state index contributed by atoms with van der Waals surface area (Å²) in [7, 11) is 0. The molecule has 1 heterocycles. The zero-order valence-corrected chi connectivity index (χ0v) is 17.3. The highest BCUT2D eigenvalue weighted by atomic mass is 35.5. The van der Waals surface area contributed by atoms with E-state index >= 15 is 0 Å². The normalized spacial score (nSPS) is 10.7. The van der Waals surface area contributed by atoms with Crippen LogP contribution in [0.2, 0.25) is 5.02 Å². The van der Waals surface area contributed by atoms with Crippen LogP contribution in [0.25, 0.3) is 11.4 Å². The molecular formula is C20H21ClN6O2. The first-order valence-corrected chi connectivity index (χ1v) is 9.33. The lowest BCUT2D eigenvalue weighted by Crippen LogP contribution is -2.21. The standard InChI is InChI=1S/C20H21ClN6O2/c1-11-7-12(2)19(13(3)8-11)23-18(29)10-27-25-20(24-26-27)15-5-6-17(16(21)9-15)22-14(4)28/h5-9H,10H2,1-4H3,(H,22,28)(H,23,29). The van der Waals surface area contributed by atoms with Gasteiger partial charge in [0.2, 0.25) is 17.6 Å². The van der Waals surface area contributed by atoms with Crippen molar-refractivity contribution >= 4 is 34.8 Å². The third-order valence-corrected chi connectivity index (χ3v) is 4.53. The largest absolute Gasteiger partial charge is 0.325 e. The third kappa shape index (κ3) is 4.97. The second-order valence-electron chi connectivity index (χ2n) is 6.84. The molecule has 29 heavy (non-hydrogen) atoms. The molecule has 0 bridgehead atoms. The van der Waals surface area contributed by atoms with Gasteiger partial charge in [0.1, 0.15) is 6.54 Å². The summed E-state index contributed by atoms with van der Waals surface area (Å²) in [5.74, 6) is -0.131. The van der Waals surface area contributed by atoms with Crippen molar-refractivity contribution in [1.82, 2.24) is 20.2 Å². The van der Waals surface area contributed by atoms with Gasteiger partial charge in [0, 0.05) is 18.2 Å². The van der Waals surface area contributed by atoms with Crippen LogP contribution >= 0.6 is 11.6 Å². The molecule has 0 fully saturated rings. The molecule has 0 saturated carbocycles. The van der Waals surface area contributed by atoms with Crippen molar-refractivity contribution in [3.8, 4) is 11.4 Å².